The van der Waals surface area contributed by atoms with E-state index in [0.29, 0.717) is 6.42 Å². The third-order valence-electron chi connectivity index (χ3n) is 0.886. The van der Waals surface area contributed by atoms with Gasteiger partial charge in [-0.25, -0.2) is 8.78 Å². The summed E-state index contributed by atoms with van der Waals surface area (Å²) in [5, 5.41) is 0. The number of rotatable bonds is 3. The Morgan fingerprint density at radius 2 is 2.25 bits per heavy atom. The fraction of sp³-hybridized carbons (Fsp3) is 0.667. The van der Waals surface area contributed by atoms with E-state index >= 15 is 0 Å². The molecule has 1 atom stereocenters. The van der Waals surface area contributed by atoms with Gasteiger partial charge in [-0.05, 0) is 6.42 Å². The van der Waals surface area contributed by atoms with Gasteiger partial charge in [0.2, 0.25) is 0 Å². The first-order valence-electron chi connectivity index (χ1n) is 2.64. The fourth-order valence-electron chi connectivity index (χ4n) is 0.385. The van der Waals surface area contributed by atoms with Crippen molar-refractivity contribution in [3.8, 4) is 0 Å². The van der Waals surface area contributed by atoms with Crippen LogP contribution in [0.1, 0.15) is 19.8 Å². The van der Waals surface area contributed by atoms with Crippen LogP contribution in [-0.2, 0) is 0 Å². The van der Waals surface area contributed by atoms with Gasteiger partial charge in [-0.2, -0.15) is 0 Å². The summed E-state index contributed by atoms with van der Waals surface area (Å²) in [6, 6.07) is 0. The molecule has 0 aliphatic heterocycles. The maximum absolute atomic E-state index is 12.1. The molecule has 48 valence electrons. The van der Waals surface area contributed by atoms with E-state index in [2.05, 4.69) is 6.58 Å². The number of hydrogen-bond acceptors (Lipinski definition) is 0. The van der Waals surface area contributed by atoms with Crippen LogP contribution in [0.3, 0.4) is 0 Å². The van der Waals surface area contributed by atoms with Gasteiger partial charge in [-0.3, -0.25) is 0 Å². The molecule has 0 bridgehead atoms. The van der Waals surface area contributed by atoms with Crippen molar-refractivity contribution < 1.29 is 8.78 Å². The molecular weight excluding hydrogens is 110 g/mol. The highest BCUT2D eigenvalue weighted by Crippen LogP contribution is 2.09. The topological polar surface area (TPSA) is 0 Å². The molecule has 0 aliphatic rings. The molecule has 0 radical (unpaired) electrons. The van der Waals surface area contributed by atoms with Crippen molar-refractivity contribution in [1.29, 1.82) is 0 Å². The summed E-state index contributed by atoms with van der Waals surface area (Å²) >= 11 is 0. The Balaban J connectivity index is 3.24. The van der Waals surface area contributed by atoms with Crippen molar-refractivity contribution in [3.05, 3.63) is 12.4 Å². The number of hydrogen-bond donors (Lipinski definition) is 0. The lowest BCUT2D eigenvalue weighted by Gasteiger charge is -1.98. The zero-order valence-corrected chi connectivity index (χ0v) is 4.95. The van der Waals surface area contributed by atoms with E-state index in [1.54, 1.807) is 6.92 Å². The van der Waals surface area contributed by atoms with Gasteiger partial charge >= 0.3 is 0 Å². The molecule has 0 heterocycles. The van der Waals surface area contributed by atoms with E-state index in [4.69, 9.17) is 0 Å². The fourth-order valence-corrected chi connectivity index (χ4v) is 0.385. The highest BCUT2D eigenvalue weighted by atomic mass is 19.1. The van der Waals surface area contributed by atoms with Crippen LogP contribution in [0.5, 0.6) is 0 Å². The third kappa shape index (κ3) is 3.78. The molecule has 0 aromatic heterocycles. The van der Waals surface area contributed by atoms with Gasteiger partial charge in [0.25, 0.3) is 0 Å². The number of alkyl halides is 1. The average molecular weight is 120 g/mol. The maximum atomic E-state index is 12.1. The molecule has 0 nitrogen and oxygen atoms in total. The average Bonchev–Trinajstić information content (AvgIpc) is 1.65. The smallest absolute Gasteiger partial charge is 0.106 e. The molecule has 0 spiro atoms. The van der Waals surface area contributed by atoms with Crippen LogP contribution in [0, 0.1) is 0 Å². The minimum absolute atomic E-state index is 0.142. The molecule has 0 aliphatic carbocycles. The van der Waals surface area contributed by atoms with Crippen LogP contribution in [0.4, 0.5) is 8.78 Å². The van der Waals surface area contributed by atoms with Crippen LogP contribution >= 0.6 is 0 Å². The summed E-state index contributed by atoms with van der Waals surface area (Å²) in [6.07, 6.45) is -0.827. The highest BCUT2D eigenvalue weighted by molar-refractivity contribution is 4.82. The highest BCUT2D eigenvalue weighted by Gasteiger charge is 2.03. The van der Waals surface area contributed by atoms with Gasteiger partial charge in [-0.15, -0.1) is 0 Å². The first kappa shape index (κ1) is 7.60. The van der Waals surface area contributed by atoms with E-state index < -0.39 is 12.0 Å². The first-order chi connectivity index (χ1) is 3.66. The molecule has 2 heteroatoms. The van der Waals surface area contributed by atoms with Gasteiger partial charge in [0.15, 0.2) is 0 Å². The van der Waals surface area contributed by atoms with E-state index in [-0.39, 0.29) is 6.42 Å². The number of allylic oxidation sites excluding steroid dienone is 1. The van der Waals surface area contributed by atoms with Gasteiger partial charge in [0.05, 0.1) is 5.83 Å². The van der Waals surface area contributed by atoms with E-state index in [0.717, 1.165) is 0 Å². The molecule has 0 N–H and O–H groups in total. The lowest BCUT2D eigenvalue weighted by atomic mass is 10.2. The predicted molar refractivity (Wildman–Crippen MR) is 30.1 cm³/mol. The van der Waals surface area contributed by atoms with Crippen LogP contribution in [0.2, 0.25) is 0 Å². The Bertz CT molecular complexity index is 78.6. The van der Waals surface area contributed by atoms with Crippen LogP contribution in [0.25, 0.3) is 0 Å². The largest absolute Gasteiger partial charge is 0.247 e. The minimum atomic E-state index is -1.05. The molecule has 0 amide bonds. The Morgan fingerprint density at radius 1 is 1.75 bits per heavy atom. The zero-order valence-electron chi connectivity index (χ0n) is 4.95. The Kier molecular flexibility index (Phi) is 3.40. The molecule has 8 heavy (non-hydrogen) atoms. The molecule has 0 rings (SSSR count). The van der Waals surface area contributed by atoms with Crippen molar-refractivity contribution in [2.24, 2.45) is 0 Å². The maximum Gasteiger partial charge on any atom is 0.106 e. The number of halogens is 2. The normalized spacial score (nSPS) is 13.4. The van der Waals surface area contributed by atoms with Crippen LogP contribution in [0.15, 0.2) is 12.4 Å². The van der Waals surface area contributed by atoms with Crippen molar-refractivity contribution in [3.63, 3.8) is 0 Å². The molecule has 0 aromatic carbocycles. The zero-order chi connectivity index (χ0) is 6.57. The van der Waals surface area contributed by atoms with Gasteiger partial charge in [0, 0.05) is 6.42 Å². The lowest BCUT2D eigenvalue weighted by Crippen LogP contribution is -1.95. The van der Waals surface area contributed by atoms with Crippen molar-refractivity contribution >= 4 is 0 Å². The summed E-state index contributed by atoms with van der Waals surface area (Å²) in [5.74, 6) is -0.570. The second-order valence-corrected chi connectivity index (χ2v) is 1.73. The first-order valence-corrected chi connectivity index (χ1v) is 2.64. The van der Waals surface area contributed by atoms with Gasteiger partial charge < -0.3 is 0 Å². The molecule has 0 saturated heterocycles. The summed E-state index contributed by atoms with van der Waals surface area (Å²) < 4.78 is 23.8. The summed E-state index contributed by atoms with van der Waals surface area (Å²) in [6.45, 7) is 4.61. The van der Waals surface area contributed by atoms with E-state index in [9.17, 15) is 8.78 Å². The van der Waals surface area contributed by atoms with Crippen LogP contribution < -0.4 is 0 Å². The molecular formula is C6H10F2. The summed E-state index contributed by atoms with van der Waals surface area (Å²) in [7, 11) is 0. The van der Waals surface area contributed by atoms with Crippen molar-refractivity contribution in [2.75, 3.05) is 0 Å². The molecule has 0 saturated carbocycles. The summed E-state index contributed by atoms with van der Waals surface area (Å²) in [4.78, 5) is 0. The molecule has 0 unspecified atom stereocenters. The second-order valence-electron chi connectivity index (χ2n) is 1.73. The molecule has 0 aromatic rings. The quantitative estimate of drug-likeness (QED) is 0.537. The standard InChI is InChI=1S/C6H10F2/c1-3-6(8)4-5(2)7/h6H,2-4H2,1H3/t6-/m0/s1. The Morgan fingerprint density at radius 3 is 2.38 bits per heavy atom. The van der Waals surface area contributed by atoms with Crippen molar-refractivity contribution in [2.45, 2.75) is 25.9 Å². The molecule has 0 fully saturated rings. The third-order valence-corrected chi connectivity index (χ3v) is 0.886. The van der Waals surface area contributed by atoms with E-state index in [1.165, 1.54) is 0 Å². The second kappa shape index (κ2) is 3.58. The van der Waals surface area contributed by atoms with Crippen LogP contribution in [-0.4, -0.2) is 6.17 Å². The SMILES string of the molecule is C=C(F)C[C@@H](F)CC. The summed E-state index contributed by atoms with van der Waals surface area (Å²) in [5.41, 5.74) is 0. The Hall–Kier alpha value is -0.400. The monoisotopic (exact) mass is 120 g/mol. The van der Waals surface area contributed by atoms with Crippen molar-refractivity contribution in [1.82, 2.24) is 0 Å². The van der Waals surface area contributed by atoms with Gasteiger partial charge in [-0.1, -0.05) is 13.5 Å². The Labute approximate surface area is 48.2 Å². The van der Waals surface area contributed by atoms with Gasteiger partial charge in [0.1, 0.15) is 6.17 Å². The predicted octanol–water partition coefficient (Wildman–Crippen LogP) is 2.61. The van der Waals surface area contributed by atoms with E-state index in [1.807, 2.05) is 0 Å². The lowest BCUT2D eigenvalue weighted by molar-refractivity contribution is 0.306. The minimum Gasteiger partial charge on any atom is -0.247 e.